The second kappa shape index (κ2) is 3.07. The van der Waals surface area contributed by atoms with E-state index >= 15 is 0 Å². The molecule has 62 valence electrons. The van der Waals surface area contributed by atoms with Crippen molar-refractivity contribution in [3.8, 4) is 11.8 Å². The summed E-state index contributed by atoms with van der Waals surface area (Å²) in [5.41, 5.74) is 1.04. The van der Waals surface area contributed by atoms with Crippen LogP contribution in [0.15, 0.2) is 36.6 Å². The van der Waals surface area contributed by atoms with Gasteiger partial charge in [0.15, 0.2) is 0 Å². The highest BCUT2D eigenvalue weighted by atomic mass is 15.4. The summed E-state index contributed by atoms with van der Waals surface area (Å²) in [5.74, 6) is 0. The molecule has 0 aliphatic carbocycles. The lowest BCUT2D eigenvalue weighted by atomic mass is 10.2. The minimum Gasteiger partial charge on any atom is -0.221 e. The number of nitriles is 1. The highest BCUT2D eigenvalue weighted by Crippen LogP contribution is 2.07. The third kappa shape index (κ3) is 1.40. The normalized spacial score (nSPS) is 11.6. The van der Waals surface area contributed by atoms with Crippen molar-refractivity contribution in [1.29, 1.82) is 5.26 Å². The van der Waals surface area contributed by atoms with Crippen molar-refractivity contribution in [3.05, 3.63) is 42.2 Å². The number of hydrogen-bond acceptors (Lipinski definition) is 3. The Morgan fingerprint density at radius 2 is 2.46 bits per heavy atom. The Hall–Kier alpha value is -2.15. The summed E-state index contributed by atoms with van der Waals surface area (Å²) in [4.78, 5) is 0. The van der Waals surface area contributed by atoms with Crippen molar-refractivity contribution in [2.24, 2.45) is 0 Å². The standard InChI is InChI=1S/C9H6N4/c10-7-8-2-1-3-9(6-8)13-5-4-11-12-13/h1-6H/i4D,5D. The highest BCUT2D eigenvalue weighted by Gasteiger charge is 1.96. The maximum Gasteiger partial charge on any atom is 0.0992 e. The smallest absolute Gasteiger partial charge is 0.0992 e. The van der Waals surface area contributed by atoms with E-state index in [2.05, 4.69) is 10.3 Å². The van der Waals surface area contributed by atoms with Crippen LogP contribution in [-0.2, 0) is 0 Å². The molecule has 0 aliphatic heterocycles. The fourth-order valence-corrected chi connectivity index (χ4v) is 0.983. The number of rotatable bonds is 1. The van der Waals surface area contributed by atoms with Crippen LogP contribution in [0.2, 0.25) is 0 Å². The summed E-state index contributed by atoms with van der Waals surface area (Å²) in [6, 6.07) is 8.64. The van der Waals surface area contributed by atoms with Crippen molar-refractivity contribution in [2.45, 2.75) is 0 Å². The second-order valence-corrected chi connectivity index (χ2v) is 2.39. The molecule has 4 nitrogen and oxygen atoms in total. The predicted octanol–water partition coefficient (Wildman–Crippen LogP) is 1.14. The third-order valence-electron chi connectivity index (χ3n) is 1.56. The molecule has 4 heteroatoms. The molecule has 1 aromatic heterocycles. The molecule has 0 N–H and O–H groups in total. The van der Waals surface area contributed by atoms with Gasteiger partial charge in [0.2, 0.25) is 0 Å². The van der Waals surface area contributed by atoms with Crippen LogP contribution in [0, 0.1) is 11.3 Å². The van der Waals surface area contributed by atoms with Gasteiger partial charge >= 0.3 is 0 Å². The molecule has 2 aromatic rings. The summed E-state index contributed by atoms with van der Waals surface area (Å²) in [5, 5.41) is 15.8. The molecular weight excluding hydrogens is 164 g/mol. The molecule has 1 aromatic carbocycles. The molecule has 0 fully saturated rings. The Bertz CT molecular complexity index is 541. The van der Waals surface area contributed by atoms with Crippen LogP contribution in [0.3, 0.4) is 0 Å². The zero-order valence-electron chi connectivity index (χ0n) is 8.60. The molecule has 1 heterocycles. The van der Waals surface area contributed by atoms with E-state index in [1.165, 1.54) is 4.68 Å². The van der Waals surface area contributed by atoms with E-state index in [0.717, 1.165) is 0 Å². The predicted molar refractivity (Wildman–Crippen MR) is 46.1 cm³/mol. The molecule has 0 aliphatic rings. The maximum atomic E-state index is 8.70. The molecule has 0 atom stereocenters. The van der Waals surface area contributed by atoms with E-state index in [0.29, 0.717) is 11.3 Å². The fraction of sp³-hybridized carbons (Fsp3) is 0. The average Bonchev–Trinajstić information content (AvgIpc) is 2.60. The van der Waals surface area contributed by atoms with Crippen LogP contribution < -0.4 is 0 Å². The monoisotopic (exact) mass is 172 g/mol. The van der Waals surface area contributed by atoms with Crippen LogP contribution >= 0.6 is 0 Å². The second-order valence-electron chi connectivity index (χ2n) is 2.39. The molecule has 0 amide bonds. The van der Waals surface area contributed by atoms with Crippen molar-refractivity contribution < 1.29 is 2.74 Å². The maximum absolute atomic E-state index is 8.70. The van der Waals surface area contributed by atoms with E-state index < -0.39 is 0 Å². The SMILES string of the molecule is [2H]c1nnn(-c2cccc(C#N)c2)c1[2H]. The van der Waals surface area contributed by atoms with Crippen molar-refractivity contribution in [1.82, 2.24) is 15.0 Å². The average molecular weight is 172 g/mol. The lowest BCUT2D eigenvalue weighted by Crippen LogP contribution is -1.94. The van der Waals surface area contributed by atoms with E-state index in [-0.39, 0.29) is 12.3 Å². The van der Waals surface area contributed by atoms with Crippen molar-refractivity contribution in [2.75, 3.05) is 0 Å². The number of benzene rings is 1. The lowest BCUT2D eigenvalue weighted by molar-refractivity contribution is 0.803. The number of aromatic nitrogens is 3. The quantitative estimate of drug-likeness (QED) is 0.648. The van der Waals surface area contributed by atoms with Gasteiger partial charge < -0.3 is 0 Å². The molecule has 2 rings (SSSR count). The molecule has 13 heavy (non-hydrogen) atoms. The lowest BCUT2D eigenvalue weighted by Gasteiger charge is -1.98. The van der Waals surface area contributed by atoms with E-state index in [4.69, 9.17) is 8.00 Å². The Kier molecular flexibility index (Phi) is 1.30. The molecule has 0 unspecified atom stereocenters. The van der Waals surface area contributed by atoms with Gasteiger partial charge in [-0.25, -0.2) is 4.68 Å². The zero-order chi connectivity index (χ0) is 10.8. The Balaban J connectivity index is 2.55. The first-order valence-corrected chi connectivity index (χ1v) is 3.62. The molecule has 0 spiro atoms. The molecule has 0 bridgehead atoms. The van der Waals surface area contributed by atoms with Crippen molar-refractivity contribution >= 4 is 0 Å². The molecule has 0 saturated carbocycles. The van der Waals surface area contributed by atoms with Crippen LogP contribution in [0.4, 0.5) is 0 Å². The third-order valence-corrected chi connectivity index (χ3v) is 1.56. The van der Waals surface area contributed by atoms with Crippen LogP contribution in [-0.4, -0.2) is 15.0 Å². The van der Waals surface area contributed by atoms with Gasteiger partial charge in [-0.1, -0.05) is 11.3 Å². The largest absolute Gasteiger partial charge is 0.221 e. The van der Waals surface area contributed by atoms with Gasteiger partial charge in [0.05, 0.1) is 32.4 Å². The number of nitrogens with zero attached hydrogens (tertiary/aromatic N) is 4. The Labute approximate surface area is 77.9 Å². The number of hydrogen-bond donors (Lipinski definition) is 0. The van der Waals surface area contributed by atoms with Gasteiger partial charge in [0, 0.05) is 0 Å². The van der Waals surface area contributed by atoms with E-state index in [1.54, 1.807) is 24.3 Å². The Morgan fingerprint density at radius 1 is 1.54 bits per heavy atom. The minimum atomic E-state index is -0.183. The molecule has 0 radical (unpaired) electrons. The summed E-state index contributed by atoms with van der Waals surface area (Å²) in [7, 11) is 0. The minimum absolute atomic E-state index is 0.0925. The van der Waals surface area contributed by atoms with E-state index in [1.807, 2.05) is 6.07 Å². The van der Waals surface area contributed by atoms with Gasteiger partial charge in [0.25, 0.3) is 0 Å². The van der Waals surface area contributed by atoms with Gasteiger partial charge in [-0.05, 0) is 18.2 Å². The van der Waals surface area contributed by atoms with E-state index in [9.17, 15) is 0 Å². The highest BCUT2D eigenvalue weighted by molar-refractivity contribution is 5.40. The first kappa shape index (κ1) is 5.49. The fourth-order valence-electron chi connectivity index (χ4n) is 0.983. The summed E-state index contributed by atoms with van der Waals surface area (Å²) >= 11 is 0. The first-order chi connectivity index (χ1) is 7.22. The van der Waals surface area contributed by atoms with Gasteiger partial charge in [-0.3, -0.25) is 0 Å². The Morgan fingerprint density at radius 3 is 3.15 bits per heavy atom. The summed E-state index contributed by atoms with van der Waals surface area (Å²) in [6.07, 6.45) is -0.276. The first-order valence-electron chi connectivity index (χ1n) is 4.62. The molecular formula is C9H6N4. The van der Waals surface area contributed by atoms with Crippen LogP contribution in [0.25, 0.3) is 5.69 Å². The van der Waals surface area contributed by atoms with Crippen LogP contribution in [0.5, 0.6) is 0 Å². The molecule has 0 saturated heterocycles. The summed E-state index contributed by atoms with van der Waals surface area (Å²) < 4.78 is 16.0. The van der Waals surface area contributed by atoms with Gasteiger partial charge in [0.1, 0.15) is 0 Å². The summed E-state index contributed by atoms with van der Waals surface area (Å²) in [6.45, 7) is 0. The van der Waals surface area contributed by atoms with Crippen molar-refractivity contribution in [3.63, 3.8) is 0 Å². The van der Waals surface area contributed by atoms with Gasteiger partial charge in [-0.15, -0.1) is 5.10 Å². The van der Waals surface area contributed by atoms with Gasteiger partial charge in [-0.2, -0.15) is 5.26 Å². The van der Waals surface area contributed by atoms with Crippen LogP contribution in [0.1, 0.15) is 8.30 Å². The topological polar surface area (TPSA) is 54.5 Å². The zero-order valence-corrected chi connectivity index (χ0v) is 6.60.